The van der Waals surface area contributed by atoms with E-state index in [0.717, 1.165) is 38.1 Å². The van der Waals surface area contributed by atoms with E-state index in [1.54, 1.807) is 11.8 Å². The van der Waals surface area contributed by atoms with Crippen LogP contribution < -0.4 is 5.32 Å². The van der Waals surface area contributed by atoms with Gasteiger partial charge in [-0.3, -0.25) is 10.1 Å². The number of fused-ring (bicyclic) bond motifs is 1. The summed E-state index contributed by atoms with van der Waals surface area (Å²) in [4.78, 5) is 12.9. The van der Waals surface area contributed by atoms with E-state index in [-0.39, 0.29) is 5.91 Å². The summed E-state index contributed by atoms with van der Waals surface area (Å²) < 4.78 is 6.74. The molecule has 0 unspecified atom stereocenters. The first-order valence-corrected chi connectivity index (χ1v) is 11.3. The number of hydrogen-bond acceptors (Lipinski definition) is 9. The van der Waals surface area contributed by atoms with Gasteiger partial charge in [0.1, 0.15) is 15.6 Å². The quantitative estimate of drug-likeness (QED) is 0.414. The number of nitrogens with zero attached hydrogens (tertiary/aromatic N) is 4. The molecule has 0 bridgehead atoms. The van der Waals surface area contributed by atoms with Crippen LogP contribution in [0.3, 0.4) is 0 Å². The van der Waals surface area contributed by atoms with Crippen LogP contribution in [-0.2, 0) is 12.2 Å². The lowest BCUT2D eigenvalue weighted by atomic mass is 10.1. The zero-order valence-electron chi connectivity index (χ0n) is 15.3. The molecule has 0 aliphatic heterocycles. The Morgan fingerprint density at radius 2 is 2.04 bits per heavy atom. The summed E-state index contributed by atoms with van der Waals surface area (Å²) in [6, 6.07) is 7.64. The number of amides is 1. The lowest BCUT2D eigenvalue weighted by molar-refractivity contribution is 0.0997. The van der Waals surface area contributed by atoms with Gasteiger partial charge in [0.25, 0.3) is 5.91 Å². The van der Waals surface area contributed by atoms with Crippen molar-refractivity contribution in [1.82, 2.24) is 20.4 Å². The number of nitrogens with one attached hydrogen (secondary N) is 1. The average molecular weight is 432 g/mol. The molecule has 0 spiro atoms. The predicted molar refractivity (Wildman–Crippen MR) is 112 cm³/mol. The topological polar surface area (TPSA) is 93.8 Å². The van der Waals surface area contributed by atoms with Crippen molar-refractivity contribution in [3.05, 3.63) is 45.6 Å². The Balaban J connectivity index is 1.60. The summed E-state index contributed by atoms with van der Waals surface area (Å²) >= 11 is 4.46. The summed E-state index contributed by atoms with van der Waals surface area (Å²) in [5.74, 6) is 0.535. The SMILES string of the molecule is CCCc1nnc(NC(=O)c2oc3ccccc3c2CSc2nnc(C)s2)s1. The molecule has 4 aromatic rings. The molecule has 0 saturated heterocycles. The number of thioether (sulfide) groups is 1. The summed E-state index contributed by atoms with van der Waals surface area (Å²) in [7, 11) is 0. The van der Waals surface area contributed by atoms with Crippen LogP contribution in [0.15, 0.2) is 33.0 Å². The van der Waals surface area contributed by atoms with Gasteiger partial charge in [-0.1, -0.05) is 59.6 Å². The molecule has 0 radical (unpaired) electrons. The van der Waals surface area contributed by atoms with E-state index >= 15 is 0 Å². The second-order valence-corrected chi connectivity index (χ2v) is 9.45. The fraction of sp³-hybridized carbons (Fsp3) is 0.278. The Bertz CT molecular complexity index is 1120. The monoisotopic (exact) mass is 431 g/mol. The van der Waals surface area contributed by atoms with E-state index in [2.05, 4.69) is 32.6 Å². The van der Waals surface area contributed by atoms with Gasteiger partial charge in [0.15, 0.2) is 10.1 Å². The van der Waals surface area contributed by atoms with Crippen molar-refractivity contribution in [3.63, 3.8) is 0 Å². The molecule has 3 aromatic heterocycles. The van der Waals surface area contributed by atoms with Crippen molar-refractivity contribution in [1.29, 1.82) is 0 Å². The van der Waals surface area contributed by atoms with Gasteiger partial charge in [-0.2, -0.15) is 0 Å². The van der Waals surface area contributed by atoms with Crippen molar-refractivity contribution in [3.8, 4) is 0 Å². The summed E-state index contributed by atoms with van der Waals surface area (Å²) in [5, 5.41) is 22.4. The molecule has 28 heavy (non-hydrogen) atoms. The van der Waals surface area contributed by atoms with E-state index in [1.807, 2.05) is 31.2 Å². The van der Waals surface area contributed by atoms with Crippen molar-refractivity contribution in [2.45, 2.75) is 36.8 Å². The number of anilines is 1. The Morgan fingerprint density at radius 1 is 1.18 bits per heavy atom. The molecule has 0 atom stereocenters. The van der Waals surface area contributed by atoms with E-state index in [4.69, 9.17) is 4.42 Å². The number of rotatable bonds is 7. The van der Waals surface area contributed by atoms with E-state index < -0.39 is 0 Å². The lowest BCUT2D eigenvalue weighted by Gasteiger charge is -2.02. The van der Waals surface area contributed by atoms with Gasteiger partial charge >= 0.3 is 0 Å². The number of aryl methyl sites for hydroxylation is 2. The van der Waals surface area contributed by atoms with Gasteiger partial charge < -0.3 is 4.42 Å². The molecule has 3 heterocycles. The molecular formula is C18H17N5O2S3. The second kappa shape index (κ2) is 8.38. The maximum atomic E-state index is 12.9. The van der Waals surface area contributed by atoms with Crippen molar-refractivity contribution in [2.24, 2.45) is 0 Å². The van der Waals surface area contributed by atoms with Gasteiger partial charge in [-0.05, 0) is 19.4 Å². The third-order valence-corrected chi connectivity index (χ3v) is 6.80. The van der Waals surface area contributed by atoms with Gasteiger partial charge in [0, 0.05) is 23.1 Å². The second-order valence-electron chi connectivity index (χ2n) is 5.99. The Morgan fingerprint density at radius 3 is 2.82 bits per heavy atom. The number of benzene rings is 1. The molecule has 4 rings (SSSR count). The van der Waals surface area contributed by atoms with Crippen LogP contribution >= 0.6 is 34.4 Å². The van der Waals surface area contributed by atoms with Crippen LogP contribution in [0.25, 0.3) is 11.0 Å². The minimum Gasteiger partial charge on any atom is -0.451 e. The van der Waals surface area contributed by atoms with E-state index in [9.17, 15) is 4.79 Å². The van der Waals surface area contributed by atoms with Crippen LogP contribution in [0.1, 0.15) is 39.5 Å². The highest BCUT2D eigenvalue weighted by molar-refractivity contribution is 8.00. The van der Waals surface area contributed by atoms with Crippen molar-refractivity contribution in [2.75, 3.05) is 5.32 Å². The zero-order chi connectivity index (χ0) is 19.5. The molecule has 7 nitrogen and oxygen atoms in total. The van der Waals surface area contributed by atoms with Gasteiger partial charge in [0.2, 0.25) is 5.13 Å². The third-order valence-electron chi connectivity index (χ3n) is 3.90. The number of carbonyl (C=O) groups excluding carboxylic acids is 1. The Labute approximate surface area is 173 Å². The molecule has 10 heteroatoms. The molecule has 0 aliphatic rings. The maximum Gasteiger partial charge on any atom is 0.293 e. The summed E-state index contributed by atoms with van der Waals surface area (Å²) in [6.07, 6.45) is 1.83. The summed E-state index contributed by atoms with van der Waals surface area (Å²) in [6.45, 7) is 4.00. The molecule has 1 aromatic carbocycles. The van der Waals surface area contributed by atoms with Gasteiger partial charge in [-0.15, -0.1) is 20.4 Å². The average Bonchev–Trinajstić information content (AvgIpc) is 3.39. The largest absolute Gasteiger partial charge is 0.451 e. The highest BCUT2D eigenvalue weighted by Crippen LogP contribution is 2.33. The van der Waals surface area contributed by atoms with E-state index in [1.165, 1.54) is 22.7 Å². The van der Waals surface area contributed by atoms with Crippen LogP contribution in [0, 0.1) is 6.92 Å². The normalized spacial score (nSPS) is 11.2. The molecule has 1 N–H and O–H groups in total. The number of para-hydroxylation sites is 1. The van der Waals surface area contributed by atoms with Crippen LogP contribution in [0.5, 0.6) is 0 Å². The van der Waals surface area contributed by atoms with Crippen LogP contribution in [-0.4, -0.2) is 26.3 Å². The highest BCUT2D eigenvalue weighted by atomic mass is 32.2. The number of aromatic nitrogens is 4. The van der Waals surface area contributed by atoms with Gasteiger partial charge in [-0.25, -0.2) is 0 Å². The first kappa shape index (κ1) is 19.0. The molecule has 0 aliphatic carbocycles. The fourth-order valence-corrected chi connectivity index (χ4v) is 5.35. The summed E-state index contributed by atoms with van der Waals surface area (Å²) in [5.41, 5.74) is 1.52. The predicted octanol–water partition coefficient (Wildman–Crippen LogP) is 4.94. The first-order valence-electron chi connectivity index (χ1n) is 8.71. The smallest absolute Gasteiger partial charge is 0.293 e. The standard InChI is InChI=1S/C18H17N5O2S3/c1-3-6-14-21-22-17(28-14)19-16(24)15-12(9-26-18-23-20-10(2)27-18)11-7-4-5-8-13(11)25-15/h4-5,7-8H,3,6,9H2,1-2H3,(H,19,22,24). The molecule has 144 valence electrons. The van der Waals surface area contributed by atoms with Crippen molar-refractivity contribution >= 4 is 56.4 Å². The Kier molecular flexibility index (Phi) is 5.69. The minimum atomic E-state index is -0.320. The third kappa shape index (κ3) is 4.08. The number of carbonyl (C=O) groups is 1. The zero-order valence-corrected chi connectivity index (χ0v) is 17.7. The minimum absolute atomic E-state index is 0.294. The number of furan rings is 1. The lowest BCUT2D eigenvalue weighted by Crippen LogP contribution is -2.12. The van der Waals surface area contributed by atoms with Crippen LogP contribution in [0.2, 0.25) is 0 Å². The molecule has 0 fully saturated rings. The van der Waals surface area contributed by atoms with Crippen LogP contribution in [0.4, 0.5) is 5.13 Å². The molecule has 0 saturated carbocycles. The molecular weight excluding hydrogens is 414 g/mol. The van der Waals surface area contributed by atoms with Gasteiger partial charge in [0.05, 0.1) is 0 Å². The molecule has 1 amide bonds. The first-order chi connectivity index (χ1) is 13.6. The maximum absolute atomic E-state index is 12.9. The van der Waals surface area contributed by atoms with E-state index in [0.29, 0.717) is 22.2 Å². The highest BCUT2D eigenvalue weighted by Gasteiger charge is 2.22. The number of hydrogen-bond donors (Lipinski definition) is 1. The van der Waals surface area contributed by atoms with Crippen molar-refractivity contribution < 1.29 is 9.21 Å². The Hall–Kier alpha value is -2.30. The fourth-order valence-electron chi connectivity index (χ4n) is 2.67.